The molecular formula is C17H22FNO3. The molecule has 2 aliphatic heterocycles. The largest absolute Gasteiger partial charge is 0.376 e. The Labute approximate surface area is 130 Å². The molecule has 0 aliphatic carbocycles. The molecule has 0 unspecified atom stereocenters. The van der Waals surface area contributed by atoms with Crippen molar-refractivity contribution < 1.29 is 18.7 Å². The van der Waals surface area contributed by atoms with E-state index in [-0.39, 0.29) is 30.4 Å². The lowest BCUT2D eigenvalue weighted by Gasteiger charge is -2.17. The number of benzene rings is 1. The van der Waals surface area contributed by atoms with Crippen molar-refractivity contribution in [2.45, 2.75) is 31.3 Å². The van der Waals surface area contributed by atoms with Crippen molar-refractivity contribution in [1.82, 2.24) is 4.90 Å². The Balaban J connectivity index is 1.44. The minimum Gasteiger partial charge on any atom is -0.376 e. The van der Waals surface area contributed by atoms with Gasteiger partial charge in [-0.25, -0.2) is 4.39 Å². The third kappa shape index (κ3) is 3.84. The van der Waals surface area contributed by atoms with Crippen LogP contribution in [0.5, 0.6) is 0 Å². The average molecular weight is 307 g/mol. The van der Waals surface area contributed by atoms with Crippen molar-refractivity contribution in [3.05, 3.63) is 35.6 Å². The van der Waals surface area contributed by atoms with Crippen molar-refractivity contribution in [3.63, 3.8) is 0 Å². The Morgan fingerprint density at radius 1 is 1.41 bits per heavy atom. The molecule has 3 rings (SSSR count). The van der Waals surface area contributed by atoms with Gasteiger partial charge in [-0.3, -0.25) is 4.79 Å². The van der Waals surface area contributed by atoms with Crippen LogP contribution >= 0.6 is 0 Å². The Morgan fingerprint density at radius 2 is 2.32 bits per heavy atom. The van der Waals surface area contributed by atoms with Gasteiger partial charge in [0.25, 0.3) is 0 Å². The number of hydrogen-bond acceptors (Lipinski definition) is 3. The highest BCUT2D eigenvalue weighted by Gasteiger charge is 2.27. The van der Waals surface area contributed by atoms with Crippen LogP contribution in [-0.4, -0.2) is 49.8 Å². The summed E-state index contributed by atoms with van der Waals surface area (Å²) < 4.78 is 24.2. The normalized spacial score (nSPS) is 24.9. The Bertz CT molecular complexity index is 516. The number of ether oxygens (including phenoxy) is 2. The summed E-state index contributed by atoms with van der Waals surface area (Å²) in [5.74, 6) is 0.0110. The molecule has 0 saturated carbocycles. The number of rotatable bonds is 5. The number of likely N-dealkylation sites (tertiary alicyclic amines) is 1. The SMILES string of the molecule is O=C(COC[C@@H]1CCCO1)N1CC[C@H](c2cccc(F)c2)C1. The number of halogens is 1. The van der Waals surface area contributed by atoms with Gasteiger partial charge in [0, 0.05) is 25.6 Å². The molecule has 2 heterocycles. The molecule has 2 fully saturated rings. The maximum absolute atomic E-state index is 13.3. The first-order valence-corrected chi connectivity index (χ1v) is 7.95. The molecule has 120 valence electrons. The first-order chi connectivity index (χ1) is 10.7. The molecule has 4 nitrogen and oxygen atoms in total. The summed E-state index contributed by atoms with van der Waals surface area (Å²) in [6.45, 7) is 2.75. The molecule has 2 aliphatic rings. The summed E-state index contributed by atoms with van der Waals surface area (Å²) in [6, 6.07) is 6.66. The molecule has 2 atom stereocenters. The lowest BCUT2D eigenvalue weighted by Crippen LogP contribution is -2.32. The smallest absolute Gasteiger partial charge is 0.248 e. The van der Waals surface area contributed by atoms with Crippen LogP contribution in [0.2, 0.25) is 0 Å². The van der Waals surface area contributed by atoms with Gasteiger partial charge in [-0.15, -0.1) is 0 Å². The second kappa shape index (κ2) is 7.20. The molecule has 22 heavy (non-hydrogen) atoms. The van der Waals surface area contributed by atoms with Gasteiger partial charge in [-0.2, -0.15) is 0 Å². The minimum atomic E-state index is -0.220. The van der Waals surface area contributed by atoms with Gasteiger partial charge in [-0.1, -0.05) is 12.1 Å². The third-order valence-corrected chi connectivity index (χ3v) is 4.41. The van der Waals surface area contributed by atoms with Gasteiger partial charge in [0.15, 0.2) is 0 Å². The van der Waals surface area contributed by atoms with Gasteiger partial charge in [0.05, 0.1) is 12.7 Å². The molecular weight excluding hydrogens is 285 g/mol. The minimum absolute atomic E-state index is 0.0110. The quantitative estimate of drug-likeness (QED) is 0.838. The summed E-state index contributed by atoms with van der Waals surface area (Å²) in [5.41, 5.74) is 0.968. The zero-order chi connectivity index (χ0) is 15.4. The number of nitrogens with zero attached hydrogens (tertiary/aromatic N) is 1. The van der Waals surface area contributed by atoms with E-state index in [4.69, 9.17) is 9.47 Å². The number of hydrogen-bond donors (Lipinski definition) is 0. The van der Waals surface area contributed by atoms with Gasteiger partial charge in [0.2, 0.25) is 5.91 Å². The highest BCUT2D eigenvalue weighted by molar-refractivity contribution is 5.77. The van der Waals surface area contributed by atoms with Crippen LogP contribution in [0.4, 0.5) is 4.39 Å². The van der Waals surface area contributed by atoms with E-state index in [0.717, 1.165) is 31.4 Å². The molecule has 1 aromatic carbocycles. The van der Waals surface area contributed by atoms with Crippen molar-refractivity contribution in [2.75, 3.05) is 32.9 Å². The molecule has 0 N–H and O–H groups in total. The number of carbonyl (C=O) groups excluding carboxylic acids is 1. The van der Waals surface area contributed by atoms with E-state index in [1.807, 2.05) is 11.0 Å². The fraction of sp³-hybridized carbons (Fsp3) is 0.588. The molecule has 5 heteroatoms. The van der Waals surface area contributed by atoms with Crippen LogP contribution < -0.4 is 0 Å². The highest BCUT2D eigenvalue weighted by Crippen LogP contribution is 2.27. The molecule has 0 bridgehead atoms. The van der Waals surface area contributed by atoms with Crippen LogP contribution in [0.25, 0.3) is 0 Å². The third-order valence-electron chi connectivity index (χ3n) is 4.41. The maximum atomic E-state index is 13.3. The van der Waals surface area contributed by atoms with E-state index in [2.05, 4.69) is 0 Å². The highest BCUT2D eigenvalue weighted by atomic mass is 19.1. The second-order valence-electron chi connectivity index (χ2n) is 6.03. The van der Waals surface area contributed by atoms with E-state index >= 15 is 0 Å². The van der Waals surface area contributed by atoms with Crippen molar-refractivity contribution in [2.24, 2.45) is 0 Å². The van der Waals surface area contributed by atoms with Crippen molar-refractivity contribution >= 4 is 5.91 Å². The van der Waals surface area contributed by atoms with Crippen molar-refractivity contribution in [1.29, 1.82) is 0 Å². The number of amides is 1. The summed E-state index contributed by atoms with van der Waals surface area (Å²) in [5, 5.41) is 0. The van der Waals surface area contributed by atoms with Crippen LogP contribution in [0.15, 0.2) is 24.3 Å². The Morgan fingerprint density at radius 3 is 3.09 bits per heavy atom. The average Bonchev–Trinajstić information content (AvgIpc) is 3.19. The molecule has 1 aromatic rings. The van der Waals surface area contributed by atoms with E-state index in [1.54, 1.807) is 12.1 Å². The van der Waals surface area contributed by atoms with E-state index in [1.165, 1.54) is 6.07 Å². The molecule has 1 amide bonds. The van der Waals surface area contributed by atoms with E-state index in [9.17, 15) is 9.18 Å². The van der Waals surface area contributed by atoms with Crippen LogP contribution in [0.1, 0.15) is 30.7 Å². The van der Waals surface area contributed by atoms with Gasteiger partial charge in [-0.05, 0) is 37.0 Å². The predicted molar refractivity (Wildman–Crippen MR) is 80.1 cm³/mol. The molecule has 0 spiro atoms. The van der Waals surface area contributed by atoms with Crippen LogP contribution in [0.3, 0.4) is 0 Å². The van der Waals surface area contributed by atoms with Crippen LogP contribution in [0, 0.1) is 5.82 Å². The number of carbonyl (C=O) groups is 1. The monoisotopic (exact) mass is 307 g/mol. The summed E-state index contributed by atoms with van der Waals surface area (Å²) in [6.07, 6.45) is 3.11. The first kappa shape index (κ1) is 15.4. The lowest BCUT2D eigenvalue weighted by atomic mass is 9.98. The predicted octanol–water partition coefficient (Wildman–Crippen LogP) is 2.34. The molecule has 0 radical (unpaired) electrons. The van der Waals surface area contributed by atoms with Gasteiger partial charge in [0.1, 0.15) is 12.4 Å². The lowest BCUT2D eigenvalue weighted by molar-refractivity contribution is -0.136. The van der Waals surface area contributed by atoms with E-state index in [0.29, 0.717) is 19.7 Å². The van der Waals surface area contributed by atoms with E-state index < -0.39 is 0 Å². The topological polar surface area (TPSA) is 38.8 Å². The fourth-order valence-corrected chi connectivity index (χ4v) is 3.16. The summed E-state index contributed by atoms with van der Waals surface area (Å²) in [4.78, 5) is 14.0. The van der Waals surface area contributed by atoms with Gasteiger partial charge < -0.3 is 14.4 Å². The zero-order valence-electron chi connectivity index (χ0n) is 12.7. The van der Waals surface area contributed by atoms with Gasteiger partial charge >= 0.3 is 0 Å². The standard InChI is InChI=1S/C17H22FNO3/c18-15-4-1-3-13(9-15)14-6-7-19(10-14)17(20)12-21-11-16-5-2-8-22-16/h1,3-4,9,14,16H,2,5-8,10-12H2/t14-,16-/m0/s1. The maximum Gasteiger partial charge on any atom is 0.248 e. The Kier molecular flexibility index (Phi) is 5.05. The van der Waals surface area contributed by atoms with Crippen LogP contribution in [-0.2, 0) is 14.3 Å². The molecule has 2 saturated heterocycles. The molecule has 0 aromatic heterocycles. The Hall–Kier alpha value is -1.46. The second-order valence-corrected chi connectivity index (χ2v) is 6.03. The fourth-order valence-electron chi connectivity index (χ4n) is 3.16. The summed E-state index contributed by atoms with van der Waals surface area (Å²) in [7, 11) is 0. The van der Waals surface area contributed by atoms with Crippen molar-refractivity contribution in [3.8, 4) is 0 Å². The zero-order valence-corrected chi connectivity index (χ0v) is 12.7. The summed E-state index contributed by atoms with van der Waals surface area (Å²) >= 11 is 0. The first-order valence-electron chi connectivity index (χ1n) is 7.95.